The number of carbonyl (C=O) groups is 3. The van der Waals surface area contributed by atoms with Crippen molar-refractivity contribution in [2.45, 2.75) is 63.1 Å². The van der Waals surface area contributed by atoms with Crippen LogP contribution in [-0.2, 0) is 14.3 Å². The maximum absolute atomic E-state index is 12.5. The summed E-state index contributed by atoms with van der Waals surface area (Å²) in [5.41, 5.74) is 10.6. The van der Waals surface area contributed by atoms with E-state index in [0.717, 1.165) is 11.1 Å². The third-order valence-corrected chi connectivity index (χ3v) is 7.49. The van der Waals surface area contributed by atoms with Gasteiger partial charge in [-0.2, -0.15) is 0 Å². The Kier molecular flexibility index (Phi) is 10.7. The summed E-state index contributed by atoms with van der Waals surface area (Å²) < 4.78 is 11.1. The fourth-order valence-corrected chi connectivity index (χ4v) is 5.00. The zero-order valence-electron chi connectivity index (χ0n) is 26.3. The van der Waals surface area contributed by atoms with Crippen molar-refractivity contribution in [3.05, 3.63) is 86.2 Å². The third-order valence-electron chi connectivity index (χ3n) is 7.49. The number of hydrogen-bond donors (Lipinski definition) is 6. The molecule has 0 spiro atoms. The highest BCUT2D eigenvalue weighted by molar-refractivity contribution is 5.92. The van der Waals surface area contributed by atoms with Crippen molar-refractivity contribution in [1.29, 1.82) is 0 Å². The molecule has 1 fully saturated rings. The van der Waals surface area contributed by atoms with Crippen LogP contribution in [-0.4, -0.2) is 61.3 Å². The van der Waals surface area contributed by atoms with Gasteiger partial charge in [-0.3, -0.25) is 19.2 Å². The second kappa shape index (κ2) is 14.5. The second-order valence-corrected chi connectivity index (χ2v) is 12.3. The lowest BCUT2D eigenvalue weighted by atomic mass is 9.91. The number of nitrogens with one attached hydrogen (secondary N) is 4. The Labute approximate surface area is 267 Å². The molecule has 0 radical (unpaired) electrons. The van der Waals surface area contributed by atoms with Crippen LogP contribution in [0.2, 0.25) is 0 Å². The fraction of sp³-hybridized carbons (Fsp3) is 0.424. The zero-order valence-corrected chi connectivity index (χ0v) is 26.3. The highest BCUT2D eigenvalue weighted by atomic mass is 16.6. The maximum Gasteiger partial charge on any atom is 0.407 e. The first kappa shape index (κ1) is 34.0. The molecule has 246 valence electrons. The first-order valence-corrected chi connectivity index (χ1v) is 15.2. The minimum atomic E-state index is -1.23. The predicted octanol–water partition coefficient (Wildman–Crippen LogP) is 1.69. The van der Waals surface area contributed by atoms with E-state index in [4.69, 9.17) is 20.9 Å². The van der Waals surface area contributed by atoms with Gasteiger partial charge in [-0.15, -0.1) is 0 Å². The van der Waals surface area contributed by atoms with Gasteiger partial charge in [0, 0.05) is 19.6 Å². The van der Waals surface area contributed by atoms with Crippen molar-refractivity contribution in [2.75, 3.05) is 36.9 Å². The Morgan fingerprint density at radius 3 is 2.22 bits per heavy atom. The van der Waals surface area contributed by atoms with E-state index < -0.39 is 51.9 Å². The molecule has 1 aliphatic carbocycles. The Hall–Kier alpha value is -4.91. The summed E-state index contributed by atoms with van der Waals surface area (Å²) in [6.07, 6.45) is 0.971. The van der Waals surface area contributed by atoms with Crippen LogP contribution in [0.25, 0.3) is 0 Å². The number of alkyl carbamates (subject to hydrolysis) is 1. The standard InChI is InChI=1S/C33H42N6O7/c1-32(2,3)46-31(44)39-23-19-33(23,35)30(43)38-16-15-37-26-25(27(40)28(26)41)36-14-7-8-17-45-22-13-9-12-21(18-22)24(29(34)42)20-10-5-4-6-11-20/h4-6,9-13,18,23-24,36-37H,7-8,14-17,19,35H2,1-3H3,(H2,34,42)(H,38,43)(H,39,44). The molecule has 3 aromatic carbocycles. The average molecular weight is 635 g/mol. The molecule has 13 heteroatoms. The molecule has 0 aromatic heterocycles. The molecular formula is C33H42N6O7. The molecule has 0 bridgehead atoms. The van der Waals surface area contributed by atoms with Gasteiger partial charge in [0.15, 0.2) is 0 Å². The van der Waals surface area contributed by atoms with E-state index in [0.29, 0.717) is 31.7 Å². The monoisotopic (exact) mass is 634 g/mol. The summed E-state index contributed by atoms with van der Waals surface area (Å²) in [7, 11) is 0. The fourth-order valence-electron chi connectivity index (χ4n) is 5.00. The molecule has 0 heterocycles. The number of primary amides is 1. The molecule has 13 nitrogen and oxygen atoms in total. The minimum absolute atomic E-state index is 0.152. The number of unbranched alkanes of at least 4 members (excludes halogenated alkanes) is 1. The lowest BCUT2D eigenvalue weighted by molar-refractivity contribution is -0.123. The number of ether oxygens (including phenoxy) is 2. The number of anilines is 2. The number of amides is 3. The Bertz CT molecular complexity index is 1610. The predicted molar refractivity (Wildman–Crippen MR) is 175 cm³/mol. The molecule has 1 aliphatic rings. The van der Waals surface area contributed by atoms with Crippen molar-refractivity contribution in [3.8, 4) is 5.75 Å². The van der Waals surface area contributed by atoms with Gasteiger partial charge in [-0.05, 0) is 63.3 Å². The summed E-state index contributed by atoms with van der Waals surface area (Å²) in [6.45, 7) is 6.41. The van der Waals surface area contributed by atoms with E-state index >= 15 is 0 Å². The molecule has 3 amide bonds. The van der Waals surface area contributed by atoms with Crippen LogP contribution in [0.3, 0.4) is 0 Å². The quantitative estimate of drug-likeness (QED) is 0.0994. The largest absolute Gasteiger partial charge is 0.494 e. The van der Waals surface area contributed by atoms with Gasteiger partial charge in [0.25, 0.3) is 10.9 Å². The van der Waals surface area contributed by atoms with Crippen molar-refractivity contribution >= 4 is 29.3 Å². The van der Waals surface area contributed by atoms with Crippen LogP contribution in [0.5, 0.6) is 5.75 Å². The smallest absolute Gasteiger partial charge is 0.407 e. The lowest BCUT2D eigenvalue weighted by Crippen LogP contribution is -2.50. The van der Waals surface area contributed by atoms with Gasteiger partial charge < -0.3 is 42.2 Å². The van der Waals surface area contributed by atoms with Crippen molar-refractivity contribution in [2.24, 2.45) is 11.5 Å². The van der Waals surface area contributed by atoms with E-state index in [1.807, 2.05) is 54.6 Å². The SMILES string of the molecule is CC(C)(C)OC(=O)NC1CC1(N)C(=O)NCCNc1c(NCCCCOc2cccc(C(C(N)=O)c3ccccc3)c2)c(=O)c1=O. The minimum Gasteiger partial charge on any atom is -0.494 e. The summed E-state index contributed by atoms with van der Waals surface area (Å²) in [5, 5.41) is 11.2. The van der Waals surface area contributed by atoms with E-state index in [1.165, 1.54) is 0 Å². The summed E-state index contributed by atoms with van der Waals surface area (Å²) in [6, 6.07) is 16.1. The van der Waals surface area contributed by atoms with Crippen molar-refractivity contribution < 1.29 is 23.9 Å². The molecule has 1 saturated carbocycles. The highest BCUT2D eigenvalue weighted by Crippen LogP contribution is 2.33. The topological polar surface area (TPSA) is 204 Å². The number of hydrogen-bond acceptors (Lipinski definition) is 10. The van der Waals surface area contributed by atoms with Gasteiger partial charge in [0.1, 0.15) is 28.3 Å². The number of carbonyl (C=O) groups excluding carboxylic acids is 3. The summed E-state index contributed by atoms with van der Waals surface area (Å²) >= 11 is 0. The summed E-state index contributed by atoms with van der Waals surface area (Å²) in [4.78, 5) is 60.9. The second-order valence-electron chi connectivity index (χ2n) is 12.3. The third kappa shape index (κ3) is 8.62. The van der Waals surface area contributed by atoms with E-state index in [9.17, 15) is 24.0 Å². The van der Waals surface area contributed by atoms with Gasteiger partial charge in [0.05, 0.1) is 18.6 Å². The Morgan fingerprint density at radius 1 is 0.913 bits per heavy atom. The molecule has 8 N–H and O–H groups in total. The van der Waals surface area contributed by atoms with Crippen LogP contribution in [0.15, 0.2) is 64.2 Å². The first-order chi connectivity index (χ1) is 21.8. The molecule has 0 saturated heterocycles. The van der Waals surface area contributed by atoms with Crippen LogP contribution >= 0.6 is 0 Å². The normalized spacial score (nSPS) is 17.9. The van der Waals surface area contributed by atoms with Crippen LogP contribution < -0.4 is 48.3 Å². The molecular weight excluding hydrogens is 592 g/mol. The van der Waals surface area contributed by atoms with Crippen LogP contribution in [0.4, 0.5) is 16.2 Å². The van der Waals surface area contributed by atoms with Gasteiger partial charge in [0.2, 0.25) is 11.8 Å². The maximum atomic E-state index is 12.5. The van der Waals surface area contributed by atoms with Crippen molar-refractivity contribution in [1.82, 2.24) is 10.6 Å². The number of benzene rings is 2. The Balaban J connectivity index is 1.15. The lowest BCUT2D eigenvalue weighted by Gasteiger charge is -2.20. The Morgan fingerprint density at radius 2 is 1.57 bits per heavy atom. The number of nitrogens with two attached hydrogens (primary N) is 2. The van der Waals surface area contributed by atoms with Crippen molar-refractivity contribution in [3.63, 3.8) is 0 Å². The average Bonchev–Trinajstić information content (AvgIpc) is 3.66. The van der Waals surface area contributed by atoms with E-state index in [2.05, 4.69) is 21.3 Å². The first-order valence-electron chi connectivity index (χ1n) is 15.2. The van der Waals surface area contributed by atoms with Gasteiger partial charge >= 0.3 is 6.09 Å². The molecule has 3 atom stereocenters. The van der Waals surface area contributed by atoms with Crippen LogP contribution in [0, 0.1) is 0 Å². The summed E-state index contributed by atoms with van der Waals surface area (Å²) in [5.74, 6) is -0.848. The molecule has 3 unspecified atom stereocenters. The zero-order chi connectivity index (χ0) is 33.5. The molecule has 4 rings (SSSR count). The van der Waals surface area contributed by atoms with Gasteiger partial charge in [-0.25, -0.2) is 4.79 Å². The van der Waals surface area contributed by atoms with E-state index in [-0.39, 0.29) is 30.9 Å². The van der Waals surface area contributed by atoms with Crippen LogP contribution in [0.1, 0.15) is 57.1 Å². The molecule has 3 aromatic rings. The van der Waals surface area contributed by atoms with Gasteiger partial charge in [-0.1, -0.05) is 42.5 Å². The molecule has 46 heavy (non-hydrogen) atoms. The van der Waals surface area contributed by atoms with E-state index in [1.54, 1.807) is 20.8 Å². The number of rotatable bonds is 16. The highest BCUT2D eigenvalue weighted by Gasteiger charge is 2.58. The molecule has 0 aliphatic heterocycles.